The molecule has 0 unspecified atom stereocenters. The largest absolute Gasteiger partial charge is 0.341 e. The summed E-state index contributed by atoms with van der Waals surface area (Å²) in [5, 5.41) is 17.4. The van der Waals surface area contributed by atoms with Crippen LogP contribution in [0.4, 0.5) is 11.6 Å². The highest BCUT2D eigenvalue weighted by molar-refractivity contribution is 7.99. The molecule has 0 radical (unpaired) electrons. The first-order valence-corrected chi connectivity index (χ1v) is 12.2. The third kappa shape index (κ3) is 4.90. The molecule has 0 bridgehead atoms. The maximum atomic E-state index is 12.3. The van der Waals surface area contributed by atoms with E-state index in [2.05, 4.69) is 25.0 Å². The van der Waals surface area contributed by atoms with Gasteiger partial charge in [0.1, 0.15) is 0 Å². The summed E-state index contributed by atoms with van der Waals surface area (Å²) in [5.41, 5.74) is 0.515. The molecule has 0 spiro atoms. The summed E-state index contributed by atoms with van der Waals surface area (Å²) < 4.78 is 24.8. The van der Waals surface area contributed by atoms with E-state index in [1.807, 2.05) is 0 Å². The van der Waals surface area contributed by atoms with Crippen LogP contribution in [-0.2, 0) is 14.8 Å². The van der Waals surface area contributed by atoms with Gasteiger partial charge in [-0.2, -0.15) is 0 Å². The first kappa shape index (κ1) is 20.2. The van der Waals surface area contributed by atoms with Crippen LogP contribution >= 0.6 is 11.8 Å². The number of amides is 1. The predicted molar refractivity (Wildman–Crippen MR) is 112 cm³/mol. The molecule has 1 amide bonds. The number of primary sulfonamides is 1. The number of piperidine rings is 1. The Hall–Kier alpha value is -2.11. The lowest BCUT2D eigenvalue weighted by atomic mass is 10.1. The summed E-state index contributed by atoms with van der Waals surface area (Å²) in [6.45, 7) is 2.01. The highest BCUT2D eigenvalue weighted by Crippen LogP contribution is 2.41. The zero-order valence-corrected chi connectivity index (χ0v) is 17.6. The van der Waals surface area contributed by atoms with E-state index >= 15 is 0 Å². The van der Waals surface area contributed by atoms with Gasteiger partial charge < -0.3 is 10.2 Å². The molecule has 2 fully saturated rings. The second kappa shape index (κ2) is 8.33. The summed E-state index contributed by atoms with van der Waals surface area (Å²) in [6, 6.07) is 6.20. The second-order valence-corrected chi connectivity index (χ2v) is 9.84. The molecule has 156 valence electrons. The van der Waals surface area contributed by atoms with Gasteiger partial charge in [0.05, 0.1) is 10.6 Å². The molecule has 2 heterocycles. The molecule has 11 heteroatoms. The van der Waals surface area contributed by atoms with Crippen molar-refractivity contribution in [3.05, 3.63) is 24.3 Å². The molecule has 29 heavy (non-hydrogen) atoms. The second-order valence-electron chi connectivity index (χ2n) is 7.34. The Morgan fingerprint density at radius 2 is 1.83 bits per heavy atom. The molecular formula is C18H24N6O3S2. The fraction of sp³-hybridized carbons (Fsp3) is 0.500. The quantitative estimate of drug-likeness (QED) is 0.636. The van der Waals surface area contributed by atoms with Gasteiger partial charge in [0, 0.05) is 24.8 Å². The molecule has 2 aliphatic rings. The van der Waals surface area contributed by atoms with E-state index in [9.17, 15) is 13.2 Å². The van der Waals surface area contributed by atoms with Crippen molar-refractivity contribution in [2.75, 3.05) is 29.1 Å². The fourth-order valence-corrected chi connectivity index (χ4v) is 4.70. The van der Waals surface area contributed by atoms with Crippen LogP contribution in [0.2, 0.25) is 0 Å². The average Bonchev–Trinajstić information content (AvgIpc) is 3.45. The minimum Gasteiger partial charge on any atom is -0.341 e. The number of aromatic nitrogens is 3. The number of rotatable bonds is 7. The van der Waals surface area contributed by atoms with Crippen molar-refractivity contribution >= 4 is 39.3 Å². The van der Waals surface area contributed by atoms with Gasteiger partial charge in [0.25, 0.3) is 0 Å². The van der Waals surface area contributed by atoms with E-state index in [0.717, 1.165) is 37.0 Å². The number of thioether (sulfide) groups is 1. The maximum absolute atomic E-state index is 12.3. The lowest BCUT2D eigenvalue weighted by Gasteiger charge is -2.27. The molecule has 4 rings (SSSR count). The van der Waals surface area contributed by atoms with Crippen LogP contribution in [-0.4, -0.2) is 47.9 Å². The van der Waals surface area contributed by atoms with E-state index < -0.39 is 10.0 Å². The standard InChI is InChI=1S/C18H24N6O3S2/c19-29(26,27)15-8-4-13(5-9-15)20-16(25)12-28-18-22-21-17(24(18)14-6-7-14)23-10-2-1-3-11-23/h4-5,8-9,14H,1-3,6-7,10-12H2,(H,20,25)(H2,19,26,27). The third-order valence-corrected chi connectivity index (χ3v) is 6.87. The summed E-state index contributed by atoms with van der Waals surface area (Å²) in [7, 11) is -3.75. The molecule has 1 aromatic carbocycles. The number of carbonyl (C=O) groups excluding carboxylic acids is 1. The van der Waals surface area contributed by atoms with Crippen LogP contribution in [0, 0.1) is 0 Å². The number of hydrogen-bond acceptors (Lipinski definition) is 7. The first-order valence-electron chi connectivity index (χ1n) is 9.67. The average molecular weight is 437 g/mol. The molecule has 9 nitrogen and oxygen atoms in total. The van der Waals surface area contributed by atoms with Gasteiger partial charge in [0.2, 0.25) is 21.9 Å². The predicted octanol–water partition coefficient (Wildman–Crippen LogP) is 1.98. The van der Waals surface area contributed by atoms with Gasteiger partial charge in [-0.05, 0) is 56.4 Å². The number of nitrogens with two attached hydrogens (primary N) is 1. The molecule has 1 aromatic heterocycles. The van der Waals surface area contributed by atoms with Gasteiger partial charge in [-0.1, -0.05) is 11.8 Å². The number of hydrogen-bond donors (Lipinski definition) is 2. The molecular weight excluding hydrogens is 412 g/mol. The Labute approximate surface area is 174 Å². The number of anilines is 2. The Balaban J connectivity index is 1.38. The number of benzene rings is 1. The monoisotopic (exact) mass is 436 g/mol. The number of nitrogens with one attached hydrogen (secondary N) is 1. The first-order chi connectivity index (χ1) is 13.9. The van der Waals surface area contributed by atoms with Gasteiger partial charge in [-0.15, -0.1) is 10.2 Å². The molecule has 2 aromatic rings. The maximum Gasteiger partial charge on any atom is 0.238 e. The van der Waals surface area contributed by atoms with Gasteiger partial charge in [-0.3, -0.25) is 9.36 Å². The van der Waals surface area contributed by atoms with Crippen LogP contribution in [0.25, 0.3) is 0 Å². The van der Waals surface area contributed by atoms with Gasteiger partial charge in [-0.25, -0.2) is 13.6 Å². The highest BCUT2D eigenvalue weighted by Gasteiger charge is 2.32. The van der Waals surface area contributed by atoms with E-state index in [0.29, 0.717) is 11.7 Å². The molecule has 1 aliphatic carbocycles. The summed E-state index contributed by atoms with van der Waals surface area (Å²) in [4.78, 5) is 14.6. The van der Waals surface area contributed by atoms with Crippen LogP contribution in [0.5, 0.6) is 0 Å². The molecule has 3 N–H and O–H groups in total. The lowest BCUT2D eigenvalue weighted by molar-refractivity contribution is -0.113. The summed E-state index contributed by atoms with van der Waals surface area (Å²) in [5.74, 6) is 0.929. The minimum absolute atomic E-state index is 0.00708. The smallest absolute Gasteiger partial charge is 0.238 e. The van der Waals surface area contributed by atoms with Crippen molar-refractivity contribution in [1.29, 1.82) is 0 Å². The van der Waals surface area contributed by atoms with Crippen LogP contribution in [0.1, 0.15) is 38.1 Å². The van der Waals surface area contributed by atoms with Crippen molar-refractivity contribution in [1.82, 2.24) is 14.8 Å². The van der Waals surface area contributed by atoms with Crippen molar-refractivity contribution in [3.8, 4) is 0 Å². The Morgan fingerprint density at radius 1 is 1.14 bits per heavy atom. The van der Waals surface area contributed by atoms with Gasteiger partial charge >= 0.3 is 0 Å². The molecule has 1 saturated carbocycles. The van der Waals surface area contributed by atoms with Crippen molar-refractivity contribution in [3.63, 3.8) is 0 Å². The highest BCUT2D eigenvalue weighted by atomic mass is 32.2. The van der Waals surface area contributed by atoms with Crippen LogP contribution in [0.3, 0.4) is 0 Å². The molecule has 0 atom stereocenters. The van der Waals surface area contributed by atoms with E-state index in [1.165, 1.54) is 55.3 Å². The normalized spacial score (nSPS) is 17.3. The van der Waals surface area contributed by atoms with Gasteiger partial charge in [0.15, 0.2) is 5.16 Å². The van der Waals surface area contributed by atoms with Crippen molar-refractivity contribution in [2.24, 2.45) is 5.14 Å². The number of nitrogens with zero attached hydrogens (tertiary/aromatic N) is 4. The van der Waals surface area contributed by atoms with Crippen LogP contribution in [0.15, 0.2) is 34.3 Å². The Bertz CT molecular complexity index is 980. The Morgan fingerprint density at radius 3 is 2.45 bits per heavy atom. The van der Waals surface area contributed by atoms with E-state index in [-0.39, 0.29) is 16.6 Å². The number of carbonyl (C=O) groups is 1. The minimum atomic E-state index is -3.75. The Kier molecular flexibility index (Phi) is 5.79. The van der Waals surface area contributed by atoms with Crippen LogP contribution < -0.4 is 15.4 Å². The SMILES string of the molecule is NS(=O)(=O)c1ccc(NC(=O)CSc2nnc(N3CCCCC3)n2C2CC2)cc1. The zero-order valence-electron chi connectivity index (χ0n) is 16.0. The van der Waals surface area contributed by atoms with Crippen molar-refractivity contribution in [2.45, 2.75) is 48.2 Å². The molecule has 1 aliphatic heterocycles. The third-order valence-electron chi connectivity index (χ3n) is 5.00. The summed E-state index contributed by atoms with van der Waals surface area (Å²) >= 11 is 1.37. The zero-order chi connectivity index (χ0) is 20.4. The van der Waals surface area contributed by atoms with Crippen molar-refractivity contribution < 1.29 is 13.2 Å². The van der Waals surface area contributed by atoms with E-state index in [4.69, 9.17) is 5.14 Å². The topological polar surface area (TPSA) is 123 Å². The lowest BCUT2D eigenvalue weighted by Crippen LogP contribution is -2.32. The fourth-order valence-electron chi connectivity index (χ4n) is 3.38. The van der Waals surface area contributed by atoms with E-state index in [1.54, 1.807) is 0 Å². The number of sulfonamides is 1. The molecule has 1 saturated heterocycles. The summed E-state index contributed by atoms with van der Waals surface area (Å²) in [6.07, 6.45) is 5.84.